The highest BCUT2D eigenvalue weighted by molar-refractivity contribution is 5.78. The third-order valence-electron chi connectivity index (χ3n) is 3.90. The zero-order valence-electron chi connectivity index (χ0n) is 12.8. The first-order chi connectivity index (χ1) is 9.56. The normalized spacial score (nSPS) is 15.2. The van der Waals surface area contributed by atoms with E-state index in [9.17, 15) is 4.79 Å². The maximum absolute atomic E-state index is 11.7. The van der Waals surface area contributed by atoms with Crippen molar-refractivity contribution >= 4 is 5.91 Å². The first-order valence-corrected chi connectivity index (χ1v) is 7.68. The Balaban J connectivity index is 1.82. The van der Waals surface area contributed by atoms with Crippen molar-refractivity contribution in [1.29, 1.82) is 0 Å². The van der Waals surface area contributed by atoms with Gasteiger partial charge in [0.05, 0.1) is 6.54 Å². The van der Waals surface area contributed by atoms with Crippen LogP contribution in [0.25, 0.3) is 0 Å². The molecule has 0 fully saturated rings. The molecular formula is C17H26N2O. The van der Waals surface area contributed by atoms with Gasteiger partial charge in [-0.1, -0.05) is 32.0 Å². The molecule has 0 spiro atoms. The number of hydrogen-bond donors (Lipinski definition) is 2. The van der Waals surface area contributed by atoms with E-state index in [-0.39, 0.29) is 11.9 Å². The Morgan fingerprint density at radius 1 is 1.20 bits per heavy atom. The molecule has 0 radical (unpaired) electrons. The molecule has 0 saturated heterocycles. The Labute approximate surface area is 122 Å². The summed E-state index contributed by atoms with van der Waals surface area (Å²) in [7, 11) is 0. The first-order valence-electron chi connectivity index (χ1n) is 7.68. The molecule has 0 saturated carbocycles. The van der Waals surface area contributed by atoms with Gasteiger partial charge in [0.15, 0.2) is 0 Å². The summed E-state index contributed by atoms with van der Waals surface area (Å²) < 4.78 is 0. The van der Waals surface area contributed by atoms with Crippen molar-refractivity contribution in [2.45, 2.75) is 46.1 Å². The molecule has 0 heterocycles. The number of hydrogen-bond acceptors (Lipinski definition) is 2. The maximum atomic E-state index is 11.7. The van der Waals surface area contributed by atoms with Crippen molar-refractivity contribution in [3.63, 3.8) is 0 Å². The van der Waals surface area contributed by atoms with Gasteiger partial charge >= 0.3 is 0 Å². The van der Waals surface area contributed by atoms with Crippen molar-refractivity contribution in [3.05, 3.63) is 34.9 Å². The maximum Gasteiger partial charge on any atom is 0.233 e. The van der Waals surface area contributed by atoms with Crippen LogP contribution in [0.2, 0.25) is 0 Å². The highest BCUT2D eigenvalue weighted by Gasteiger charge is 2.14. The molecule has 1 aliphatic carbocycles. The smallest absolute Gasteiger partial charge is 0.233 e. The third-order valence-corrected chi connectivity index (χ3v) is 3.90. The summed E-state index contributed by atoms with van der Waals surface area (Å²) in [5.41, 5.74) is 4.26. The average Bonchev–Trinajstić information content (AvgIpc) is 2.89. The molecule has 1 unspecified atom stereocenters. The summed E-state index contributed by atoms with van der Waals surface area (Å²) in [4.78, 5) is 11.7. The Morgan fingerprint density at radius 2 is 1.95 bits per heavy atom. The number of carbonyl (C=O) groups excluding carboxylic acids is 1. The van der Waals surface area contributed by atoms with Crippen molar-refractivity contribution in [2.75, 3.05) is 13.1 Å². The van der Waals surface area contributed by atoms with E-state index in [1.54, 1.807) is 0 Å². The molecule has 110 valence electrons. The van der Waals surface area contributed by atoms with Crippen LogP contribution in [0.5, 0.6) is 0 Å². The van der Waals surface area contributed by atoms with Crippen LogP contribution in [-0.4, -0.2) is 19.0 Å². The fraction of sp³-hybridized carbons (Fsp3) is 0.588. The van der Waals surface area contributed by atoms with Gasteiger partial charge in [-0.25, -0.2) is 0 Å². The highest BCUT2D eigenvalue weighted by atomic mass is 16.1. The molecule has 20 heavy (non-hydrogen) atoms. The number of fused-ring (bicyclic) bond motifs is 1. The average molecular weight is 274 g/mol. The summed E-state index contributed by atoms with van der Waals surface area (Å²) in [6, 6.07) is 6.94. The largest absolute Gasteiger partial charge is 0.355 e. The summed E-state index contributed by atoms with van der Waals surface area (Å²) in [5, 5.41) is 6.23. The first kappa shape index (κ1) is 15.0. The number of amides is 1. The van der Waals surface area contributed by atoms with Crippen LogP contribution in [0.4, 0.5) is 0 Å². The standard InChI is InChI=1S/C17H26N2O/c1-12(2)10-19-17(20)11-18-13(3)15-8-7-14-5-4-6-16(14)9-15/h7-9,12-13,18H,4-6,10-11H2,1-3H3,(H,19,20). The predicted molar refractivity (Wildman–Crippen MR) is 82.7 cm³/mol. The van der Waals surface area contributed by atoms with E-state index in [0.717, 1.165) is 6.54 Å². The van der Waals surface area contributed by atoms with Crippen molar-refractivity contribution in [1.82, 2.24) is 10.6 Å². The fourth-order valence-corrected chi connectivity index (χ4v) is 2.61. The minimum atomic E-state index is 0.0757. The molecule has 1 aromatic rings. The van der Waals surface area contributed by atoms with E-state index >= 15 is 0 Å². The van der Waals surface area contributed by atoms with Gasteiger partial charge in [-0.2, -0.15) is 0 Å². The minimum absolute atomic E-state index is 0.0757. The second-order valence-corrected chi connectivity index (χ2v) is 6.18. The quantitative estimate of drug-likeness (QED) is 0.837. The highest BCUT2D eigenvalue weighted by Crippen LogP contribution is 2.25. The summed E-state index contributed by atoms with van der Waals surface area (Å²) >= 11 is 0. The molecule has 1 amide bonds. The lowest BCUT2D eigenvalue weighted by Gasteiger charge is -2.16. The predicted octanol–water partition coefficient (Wildman–Crippen LogP) is 2.60. The molecular weight excluding hydrogens is 248 g/mol. The summed E-state index contributed by atoms with van der Waals surface area (Å²) in [5.74, 6) is 0.569. The number of rotatable bonds is 6. The van der Waals surface area contributed by atoms with Gasteiger partial charge in [0.25, 0.3) is 0 Å². The number of benzene rings is 1. The summed E-state index contributed by atoms with van der Waals surface area (Å²) in [6.07, 6.45) is 3.69. The lowest BCUT2D eigenvalue weighted by molar-refractivity contribution is -0.120. The Bertz CT molecular complexity index is 468. The topological polar surface area (TPSA) is 41.1 Å². The van der Waals surface area contributed by atoms with Gasteiger partial charge < -0.3 is 10.6 Å². The monoisotopic (exact) mass is 274 g/mol. The molecule has 2 N–H and O–H groups in total. The van der Waals surface area contributed by atoms with Crippen LogP contribution < -0.4 is 10.6 Å². The molecule has 3 heteroatoms. The van der Waals surface area contributed by atoms with Gasteiger partial charge in [0.1, 0.15) is 0 Å². The van der Waals surface area contributed by atoms with Crippen LogP contribution in [0.1, 0.15) is 49.9 Å². The van der Waals surface area contributed by atoms with Crippen LogP contribution in [0.3, 0.4) is 0 Å². The van der Waals surface area contributed by atoms with Crippen molar-refractivity contribution in [3.8, 4) is 0 Å². The van der Waals surface area contributed by atoms with Gasteiger partial charge in [0.2, 0.25) is 5.91 Å². The zero-order chi connectivity index (χ0) is 14.5. The lowest BCUT2D eigenvalue weighted by Crippen LogP contribution is -2.36. The van der Waals surface area contributed by atoms with Crippen LogP contribution >= 0.6 is 0 Å². The van der Waals surface area contributed by atoms with Gasteiger partial charge in [0, 0.05) is 12.6 Å². The van der Waals surface area contributed by atoms with Crippen LogP contribution in [0, 0.1) is 5.92 Å². The van der Waals surface area contributed by atoms with Crippen molar-refractivity contribution in [2.24, 2.45) is 5.92 Å². The van der Waals surface area contributed by atoms with Crippen LogP contribution in [0.15, 0.2) is 18.2 Å². The van der Waals surface area contributed by atoms with E-state index in [2.05, 4.69) is 49.6 Å². The summed E-state index contributed by atoms with van der Waals surface area (Å²) in [6.45, 7) is 7.44. The molecule has 0 aliphatic heterocycles. The van der Waals surface area contributed by atoms with Gasteiger partial charge in [-0.15, -0.1) is 0 Å². The fourth-order valence-electron chi connectivity index (χ4n) is 2.61. The molecule has 1 atom stereocenters. The second kappa shape index (κ2) is 6.89. The Hall–Kier alpha value is -1.35. The number of aryl methyl sites for hydroxylation is 2. The second-order valence-electron chi connectivity index (χ2n) is 6.18. The van der Waals surface area contributed by atoms with E-state index < -0.39 is 0 Å². The lowest BCUT2D eigenvalue weighted by atomic mass is 10.0. The third kappa shape index (κ3) is 4.07. The molecule has 2 rings (SSSR count). The zero-order valence-corrected chi connectivity index (χ0v) is 12.8. The Kier molecular flexibility index (Phi) is 5.18. The molecule has 0 aromatic heterocycles. The van der Waals surface area contributed by atoms with Crippen molar-refractivity contribution < 1.29 is 4.79 Å². The van der Waals surface area contributed by atoms with Crippen LogP contribution in [-0.2, 0) is 17.6 Å². The Morgan fingerprint density at radius 3 is 2.70 bits per heavy atom. The molecule has 3 nitrogen and oxygen atoms in total. The number of nitrogens with one attached hydrogen (secondary N) is 2. The van der Waals surface area contributed by atoms with E-state index in [0.29, 0.717) is 12.5 Å². The van der Waals surface area contributed by atoms with E-state index in [1.807, 2.05) is 0 Å². The minimum Gasteiger partial charge on any atom is -0.355 e. The van der Waals surface area contributed by atoms with Gasteiger partial charge in [-0.05, 0) is 48.8 Å². The number of carbonyl (C=O) groups is 1. The SMILES string of the molecule is CC(C)CNC(=O)CNC(C)c1ccc2c(c1)CCC2. The van der Waals surface area contributed by atoms with E-state index in [1.165, 1.54) is 36.0 Å². The molecule has 0 bridgehead atoms. The van der Waals surface area contributed by atoms with Gasteiger partial charge in [-0.3, -0.25) is 4.79 Å². The molecule has 1 aliphatic rings. The van der Waals surface area contributed by atoms with E-state index in [4.69, 9.17) is 0 Å². The molecule has 1 aromatic carbocycles.